The van der Waals surface area contributed by atoms with E-state index in [1.165, 1.54) is 16.9 Å². The lowest BCUT2D eigenvalue weighted by Crippen LogP contribution is -2.39. The number of para-hydroxylation sites is 1. The van der Waals surface area contributed by atoms with E-state index in [1.54, 1.807) is 0 Å². The molecule has 36 heavy (non-hydrogen) atoms. The van der Waals surface area contributed by atoms with Gasteiger partial charge < -0.3 is 4.74 Å². The van der Waals surface area contributed by atoms with Gasteiger partial charge >= 0.3 is 0 Å². The van der Waals surface area contributed by atoms with Gasteiger partial charge in [-0.25, -0.2) is 4.98 Å². The summed E-state index contributed by atoms with van der Waals surface area (Å²) in [7, 11) is 0. The maximum atomic E-state index is 13.5. The van der Waals surface area contributed by atoms with Gasteiger partial charge in [0.05, 0.1) is 29.4 Å². The molecule has 3 aromatic carbocycles. The van der Waals surface area contributed by atoms with Crippen LogP contribution in [0.2, 0.25) is 5.02 Å². The molecule has 1 aromatic heterocycles. The third-order valence-electron chi connectivity index (χ3n) is 6.27. The van der Waals surface area contributed by atoms with Crippen molar-refractivity contribution in [3.8, 4) is 11.1 Å². The summed E-state index contributed by atoms with van der Waals surface area (Å²) in [5.74, 6) is 0.0506. The van der Waals surface area contributed by atoms with Crippen LogP contribution in [0.5, 0.6) is 0 Å². The maximum absolute atomic E-state index is 13.5. The zero-order valence-electron chi connectivity index (χ0n) is 19.9. The summed E-state index contributed by atoms with van der Waals surface area (Å²) in [6, 6.07) is 24.3. The second kappa shape index (κ2) is 12.7. The first-order valence-corrected chi connectivity index (χ1v) is 13.2. The van der Waals surface area contributed by atoms with Crippen LogP contribution in [0.4, 0.5) is 5.13 Å². The van der Waals surface area contributed by atoms with Crippen LogP contribution in [-0.2, 0) is 16.0 Å². The van der Waals surface area contributed by atoms with Crippen LogP contribution in [-0.4, -0.2) is 55.2 Å². The number of benzene rings is 3. The summed E-state index contributed by atoms with van der Waals surface area (Å²) < 4.78 is 6.45. The first-order valence-electron chi connectivity index (χ1n) is 12.0. The number of ether oxygens (including phenoxy) is 1. The van der Waals surface area contributed by atoms with Crippen molar-refractivity contribution in [1.82, 2.24) is 9.88 Å². The highest BCUT2D eigenvalue weighted by atomic mass is 35.5. The third kappa shape index (κ3) is 6.44. The molecule has 1 aliphatic rings. The van der Waals surface area contributed by atoms with Crippen molar-refractivity contribution in [1.29, 1.82) is 0 Å². The summed E-state index contributed by atoms with van der Waals surface area (Å²) in [5.41, 5.74) is 4.06. The number of halogens is 2. The van der Waals surface area contributed by atoms with Crippen LogP contribution in [0.3, 0.4) is 0 Å². The van der Waals surface area contributed by atoms with E-state index in [0.717, 1.165) is 60.6 Å². The van der Waals surface area contributed by atoms with Crippen molar-refractivity contribution in [2.45, 2.75) is 12.8 Å². The van der Waals surface area contributed by atoms with Gasteiger partial charge in [0.1, 0.15) is 5.52 Å². The Morgan fingerprint density at radius 1 is 0.972 bits per heavy atom. The molecule has 0 N–H and O–H groups in total. The molecule has 2 heterocycles. The number of nitrogens with zero attached hydrogens (tertiary/aromatic N) is 3. The lowest BCUT2D eigenvalue weighted by Gasteiger charge is -2.27. The van der Waals surface area contributed by atoms with Gasteiger partial charge in [-0.1, -0.05) is 83.6 Å². The Balaban J connectivity index is 0.00000304. The summed E-state index contributed by atoms with van der Waals surface area (Å²) in [4.78, 5) is 22.5. The fraction of sp³-hybridized carbons (Fsp3) is 0.286. The maximum Gasteiger partial charge on any atom is 0.233 e. The molecule has 5 nitrogen and oxygen atoms in total. The van der Waals surface area contributed by atoms with Crippen molar-refractivity contribution in [2.24, 2.45) is 0 Å². The minimum atomic E-state index is 0. The smallest absolute Gasteiger partial charge is 0.233 e. The molecule has 0 saturated carbocycles. The lowest BCUT2D eigenvalue weighted by atomic mass is 10.0. The highest BCUT2D eigenvalue weighted by Crippen LogP contribution is 2.33. The molecule has 8 heteroatoms. The van der Waals surface area contributed by atoms with E-state index in [0.29, 0.717) is 23.1 Å². The molecular weight excluding hydrogens is 513 g/mol. The molecule has 0 bridgehead atoms. The topological polar surface area (TPSA) is 45.7 Å². The highest BCUT2D eigenvalue weighted by Gasteiger charge is 2.21. The molecule has 0 unspecified atom stereocenters. The van der Waals surface area contributed by atoms with E-state index in [-0.39, 0.29) is 18.3 Å². The standard InChI is InChI=1S/C28H28ClN3O2S.ClH/c29-24-8-4-9-25-27(24)30-28(35-25)32(15-5-14-31-16-18-34-19-17-31)26(33)20-21-10-12-23(13-11-21)22-6-2-1-3-7-22;/h1-4,6-13H,5,14-20H2;1H. The number of fused-ring (bicyclic) bond motifs is 1. The number of carbonyl (C=O) groups is 1. The first kappa shape index (κ1) is 26.6. The second-order valence-electron chi connectivity index (χ2n) is 8.68. The number of aromatic nitrogens is 1. The number of rotatable bonds is 8. The Morgan fingerprint density at radius 3 is 2.42 bits per heavy atom. The lowest BCUT2D eigenvalue weighted by molar-refractivity contribution is -0.118. The second-order valence-corrected chi connectivity index (χ2v) is 10.1. The molecule has 1 aliphatic heterocycles. The Bertz CT molecular complexity index is 1280. The first-order chi connectivity index (χ1) is 17.2. The molecule has 4 aromatic rings. The predicted molar refractivity (Wildman–Crippen MR) is 152 cm³/mol. The van der Waals surface area contributed by atoms with E-state index < -0.39 is 0 Å². The van der Waals surface area contributed by atoms with Crippen molar-refractivity contribution >= 4 is 56.6 Å². The monoisotopic (exact) mass is 541 g/mol. The summed E-state index contributed by atoms with van der Waals surface area (Å²) in [6.45, 7) is 4.99. The van der Waals surface area contributed by atoms with Crippen LogP contribution < -0.4 is 4.90 Å². The van der Waals surface area contributed by atoms with Crippen molar-refractivity contribution in [2.75, 3.05) is 44.3 Å². The van der Waals surface area contributed by atoms with E-state index in [2.05, 4.69) is 29.2 Å². The average Bonchev–Trinajstić information content (AvgIpc) is 3.33. The zero-order valence-corrected chi connectivity index (χ0v) is 22.3. The van der Waals surface area contributed by atoms with Crippen molar-refractivity contribution < 1.29 is 9.53 Å². The molecular formula is C28H29Cl2N3O2S. The summed E-state index contributed by atoms with van der Waals surface area (Å²) >= 11 is 7.90. The SMILES string of the molecule is Cl.O=C(Cc1ccc(-c2ccccc2)cc1)N(CCCN1CCOCC1)c1nc2c(Cl)cccc2s1. The number of hydrogen-bond donors (Lipinski definition) is 0. The van der Waals surface area contributed by atoms with Gasteiger partial charge in [0.15, 0.2) is 5.13 Å². The summed E-state index contributed by atoms with van der Waals surface area (Å²) in [5, 5.41) is 1.32. The zero-order chi connectivity index (χ0) is 24.0. The minimum absolute atomic E-state index is 0. The Hall–Kier alpha value is -2.48. The molecule has 0 atom stereocenters. The van der Waals surface area contributed by atoms with Crippen molar-refractivity contribution in [3.63, 3.8) is 0 Å². The van der Waals surface area contributed by atoms with Gasteiger partial charge in [-0.15, -0.1) is 12.4 Å². The quantitative estimate of drug-likeness (QED) is 0.261. The Morgan fingerprint density at radius 2 is 1.69 bits per heavy atom. The minimum Gasteiger partial charge on any atom is -0.379 e. The fourth-order valence-corrected chi connectivity index (χ4v) is 5.65. The highest BCUT2D eigenvalue weighted by molar-refractivity contribution is 7.22. The van der Waals surface area contributed by atoms with Crippen LogP contribution >= 0.6 is 35.3 Å². The predicted octanol–water partition coefficient (Wildman–Crippen LogP) is 6.34. The van der Waals surface area contributed by atoms with E-state index in [4.69, 9.17) is 21.3 Å². The number of thiazole rings is 1. The largest absolute Gasteiger partial charge is 0.379 e. The number of hydrogen-bond acceptors (Lipinski definition) is 5. The Kier molecular flexibility index (Phi) is 9.35. The molecule has 0 radical (unpaired) electrons. The molecule has 0 aliphatic carbocycles. The molecule has 5 rings (SSSR count). The number of carbonyl (C=O) groups excluding carboxylic acids is 1. The van der Waals surface area contributed by atoms with Gasteiger partial charge in [0, 0.05) is 26.2 Å². The fourth-order valence-electron chi connectivity index (χ4n) is 4.34. The number of amides is 1. The van der Waals surface area contributed by atoms with Crippen LogP contribution in [0.1, 0.15) is 12.0 Å². The van der Waals surface area contributed by atoms with Gasteiger partial charge in [-0.3, -0.25) is 14.6 Å². The van der Waals surface area contributed by atoms with E-state index >= 15 is 0 Å². The molecule has 1 fully saturated rings. The van der Waals surface area contributed by atoms with Gasteiger partial charge in [0.2, 0.25) is 5.91 Å². The van der Waals surface area contributed by atoms with Crippen molar-refractivity contribution in [3.05, 3.63) is 83.4 Å². The van der Waals surface area contributed by atoms with Crippen LogP contribution in [0, 0.1) is 0 Å². The molecule has 0 spiro atoms. The van der Waals surface area contributed by atoms with Gasteiger partial charge in [-0.2, -0.15) is 0 Å². The normalized spacial score (nSPS) is 13.9. The average molecular weight is 543 g/mol. The van der Waals surface area contributed by atoms with Crippen LogP contribution in [0.25, 0.3) is 21.3 Å². The molecule has 1 amide bonds. The van der Waals surface area contributed by atoms with E-state index in [9.17, 15) is 4.79 Å². The van der Waals surface area contributed by atoms with Crippen LogP contribution in [0.15, 0.2) is 72.8 Å². The molecule has 188 valence electrons. The Labute approximate surface area is 227 Å². The number of morpholine rings is 1. The van der Waals surface area contributed by atoms with Gasteiger partial charge in [0.25, 0.3) is 0 Å². The molecule has 1 saturated heterocycles. The van der Waals surface area contributed by atoms with E-state index in [1.807, 2.05) is 53.4 Å². The third-order valence-corrected chi connectivity index (χ3v) is 7.62. The summed E-state index contributed by atoms with van der Waals surface area (Å²) in [6.07, 6.45) is 1.21. The number of anilines is 1. The van der Waals surface area contributed by atoms with Gasteiger partial charge in [-0.05, 0) is 35.2 Å².